The molecule has 2 heterocycles. The molecule has 1 N–H and O–H groups in total. The second-order valence-corrected chi connectivity index (χ2v) is 7.20. The van der Waals surface area contributed by atoms with Crippen molar-refractivity contribution < 1.29 is 18.3 Å². The van der Waals surface area contributed by atoms with Crippen LogP contribution in [0.1, 0.15) is 22.3 Å². The van der Waals surface area contributed by atoms with Gasteiger partial charge < -0.3 is 10.1 Å². The van der Waals surface area contributed by atoms with Crippen LogP contribution >= 0.6 is 0 Å². The number of aromatic nitrogens is 2. The highest BCUT2D eigenvalue weighted by atomic mass is 19.1. The van der Waals surface area contributed by atoms with Crippen molar-refractivity contribution in [3.63, 3.8) is 0 Å². The smallest absolute Gasteiger partial charge is 0.229 e. The summed E-state index contributed by atoms with van der Waals surface area (Å²) in [5, 5.41) is 15.8. The second-order valence-electron chi connectivity index (χ2n) is 7.20. The molecule has 3 aromatic rings. The van der Waals surface area contributed by atoms with Crippen LogP contribution in [0.2, 0.25) is 0 Å². The van der Waals surface area contributed by atoms with Crippen molar-refractivity contribution in [2.45, 2.75) is 18.6 Å². The number of carbonyl (C=O) groups excluding carboxylic acids is 1. The van der Waals surface area contributed by atoms with Crippen LogP contribution in [0.3, 0.4) is 0 Å². The third kappa shape index (κ3) is 4.21. The molecule has 6 nitrogen and oxygen atoms in total. The first-order valence-corrected chi connectivity index (χ1v) is 9.33. The molecular weight excluding hydrogens is 390 g/mol. The summed E-state index contributed by atoms with van der Waals surface area (Å²) < 4.78 is 34.5. The predicted octanol–water partition coefficient (Wildman–Crippen LogP) is 3.32. The van der Waals surface area contributed by atoms with E-state index in [0.717, 1.165) is 5.56 Å². The Morgan fingerprint density at radius 3 is 2.57 bits per heavy atom. The van der Waals surface area contributed by atoms with Gasteiger partial charge in [-0.3, -0.25) is 9.48 Å². The van der Waals surface area contributed by atoms with Crippen molar-refractivity contribution in [1.82, 2.24) is 9.78 Å². The van der Waals surface area contributed by atoms with Gasteiger partial charge in [0.15, 0.2) is 11.5 Å². The number of anilines is 1. The number of nitrogens with zero attached hydrogens (tertiary/aromatic N) is 3. The molecule has 2 aromatic carbocycles. The molecule has 1 aliphatic heterocycles. The first-order valence-electron chi connectivity index (χ1n) is 9.33. The standard InChI is InChI=1S/C22H18F2N4O2/c23-19-9-16(1-4-17(19)11-25)12-28-8-7-20(27-28)26-21(29)10-15-2-5-18(6-3-15)22(24)13-30-14-22/h1-9H,10,12-14H2,(H,26,27,29). The van der Waals surface area contributed by atoms with Gasteiger partial charge in [-0.05, 0) is 28.8 Å². The topological polar surface area (TPSA) is 79.9 Å². The number of nitrogens with one attached hydrogen (secondary N) is 1. The van der Waals surface area contributed by atoms with Crippen LogP contribution in [0, 0.1) is 17.1 Å². The lowest BCUT2D eigenvalue weighted by Crippen LogP contribution is -2.42. The summed E-state index contributed by atoms with van der Waals surface area (Å²) in [5.74, 6) is -0.454. The SMILES string of the molecule is N#Cc1ccc(Cn2ccc(NC(=O)Cc3ccc(C4(F)COC4)cc3)n2)cc1F. The van der Waals surface area contributed by atoms with Gasteiger partial charge >= 0.3 is 0 Å². The molecule has 0 spiro atoms. The fraction of sp³-hybridized carbons (Fsp3) is 0.227. The highest BCUT2D eigenvalue weighted by molar-refractivity contribution is 5.91. The first kappa shape index (κ1) is 19.7. The Labute approximate surface area is 171 Å². The zero-order chi connectivity index (χ0) is 21.1. The monoisotopic (exact) mass is 408 g/mol. The van der Waals surface area contributed by atoms with E-state index in [0.29, 0.717) is 23.5 Å². The number of hydrogen-bond acceptors (Lipinski definition) is 4. The Balaban J connectivity index is 1.33. The van der Waals surface area contributed by atoms with Crippen LogP contribution < -0.4 is 5.32 Å². The van der Waals surface area contributed by atoms with Gasteiger partial charge in [-0.25, -0.2) is 8.78 Å². The number of hydrogen-bond donors (Lipinski definition) is 1. The minimum Gasteiger partial charge on any atom is -0.374 e. The van der Waals surface area contributed by atoms with Gasteiger partial charge in [0.1, 0.15) is 11.9 Å². The quantitative estimate of drug-likeness (QED) is 0.679. The van der Waals surface area contributed by atoms with E-state index >= 15 is 0 Å². The third-order valence-electron chi connectivity index (χ3n) is 4.90. The number of rotatable bonds is 6. The van der Waals surface area contributed by atoms with E-state index in [2.05, 4.69) is 10.4 Å². The molecule has 0 bridgehead atoms. The Bertz CT molecular complexity index is 1110. The van der Waals surface area contributed by atoms with E-state index in [9.17, 15) is 13.6 Å². The fourth-order valence-corrected chi connectivity index (χ4v) is 3.19. The summed E-state index contributed by atoms with van der Waals surface area (Å²) in [5.41, 5.74) is 0.521. The molecule has 1 fully saturated rings. The molecule has 1 amide bonds. The van der Waals surface area contributed by atoms with Gasteiger partial charge in [0, 0.05) is 12.3 Å². The van der Waals surface area contributed by atoms with Crippen LogP contribution in [0.4, 0.5) is 14.6 Å². The number of nitriles is 1. The molecule has 4 rings (SSSR count). The van der Waals surface area contributed by atoms with Crippen LogP contribution in [0.15, 0.2) is 54.7 Å². The lowest BCUT2D eigenvalue weighted by molar-refractivity contribution is -0.135. The summed E-state index contributed by atoms with van der Waals surface area (Å²) in [6.07, 6.45) is 1.80. The van der Waals surface area contributed by atoms with Crippen molar-refractivity contribution in [3.05, 3.63) is 82.8 Å². The number of ether oxygens (including phenoxy) is 1. The zero-order valence-electron chi connectivity index (χ0n) is 15.9. The first-order chi connectivity index (χ1) is 14.4. The zero-order valence-corrected chi connectivity index (χ0v) is 15.9. The average Bonchev–Trinajstić information content (AvgIpc) is 3.13. The summed E-state index contributed by atoms with van der Waals surface area (Å²) in [4.78, 5) is 12.3. The molecule has 1 saturated heterocycles. The minimum absolute atomic E-state index is 0.0112. The molecule has 1 aromatic heterocycles. The molecule has 0 atom stereocenters. The Hall–Kier alpha value is -3.57. The maximum Gasteiger partial charge on any atom is 0.229 e. The van der Waals surface area contributed by atoms with Crippen molar-refractivity contribution in [2.24, 2.45) is 0 Å². The second kappa shape index (κ2) is 8.05. The Kier molecular flexibility index (Phi) is 5.29. The molecule has 0 saturated carbocycles. The van der Waals surface area contributed by atoms with E-state index in [1.807, 2.05) is 0 Å². The van der Waals surface area contributed by atoms with Gasteiger partial charge in [-0.1, -0.05) is 30.3 Å². The van der Waals surface area contributed by atoms with Crippen molar-refractivity contribution in [2.75, 3.05) is 18.5 Å². The van der Waals surface area contributed by atoms with Crippen LogP contribution in [0.25, 0.3) is 0 Å². The number of carbonyl (C=O) groups is 1. The molecule has 0 radical (unpaired) electrons. The Morgan fingerprint density at radius 2 is 1.93 bits per heavy atom. The van der Waals surface area contributed by atoms with E-state index < -0.39 is 11.5 Å². The Morgan fingerprint density at radius 1 is 1.20 bits per heavy atom. The normalized spacial score (nSPS) is 14.6. The predicted molar refractivity (Wildman–Crippen MR) is 105 cm³/mol. The van der Waals surface area contributed by atoms with Crippen LogP contribution in [0.5, 0.6) is 0 Å². The minimum atomic E-state index is -1.43. The van der Waals surface area contributed by atoms with E-state index in [1.165, 1.54) is 12.1 Å². The molecule has 0 aliphatic carbocycles. The molecular formula is C22H18F2N4O2. The maximum atomic E-state index is 14.3. The number of amides is 1. The number of benzene rings is 2. The summed E-state index contributed by atoms with van der Waals surface area (Å²) in [7, 11) is 0. The van der Waals surface area contributed by atoms with Crippen LogP contribution in [-0.2, 0) is 28.2 Å². The molecule has 0 unspecified atom stereocenters. The van der Waals surface area contributed by atoms with E-state index in [4.69, 9.17) is 10.00 Å². The fourth-order valence-electron chi connectivity index (χ4n) is 3.19. The van der Waals surface area contributed by atoms with Crippen molar-refractivity contribution in [1.29, 1.82) is 5.26 Å². The van der Waals surface area contributed by atoms with Gasteiger partial charge in [0.05, 0.1) is 31.7 Å². The lowest BCUT2D eigenvalue weighted by Gasteiger charge is -2.34. The van der Waals surface area contributed by atoms with E-state index in [-0.39, 0.29) is 31.1 Å². The molecule has 30 heavy (non-hydrogen) atoms. The number of alkyl halides is 1. The average molecular weight is 408 g/mol. The van der Waals surface area contributed by atoms with Crippen LogP contribution in [-0.4, -0.2) is 28.9 Å². The van der Waals surface area contributed by atoms with Gasteiger partial charge in [-0.2, -0.15) is 10.4 Å². The van der Waals surface area contributed by atoms with Gasteiger partial charge in [-0.15, -0.1) is 0 Å². The highest BCUT2D eigenvalue weighted by Crippen LogP contribution is 2.33. The van der Waals surface area contributed by atoms with Gasteiger partial charge in [0.2, 0.25) is 5.91 Å². The highest BCUT2D eigenvalue weighted by Gasteiger charge is 2.40. The third-order valence-corrected chi connectivity index (χ3v) is 4.90. The molecule has 8 heteroatoms. The van der Waals surface area contributed by atoms with E-state index in [1.54, 1.807) is 53.3 Å². The summed E-state index contributed by atoms with van der Waals surface area (Å²) in [6, 6.07) is 14.6. The number of halogens is 2. The molecule has 1 aliphatic rings. The van der Waals surface area contributed by atoms with Gasteiger partial charge in [0.25, 0.3) is 0 Å². The molecule has 152 valence electrons. The largest absolute Gasteiger partial charge is 0.374 e. The van der Waals surface area contributed by atoms with Crippen molar-refractivity contribution in [3.8, 4) is 6.07 Å². The maximum absolute atomic E-state index is 14.3. The lowest BCUT2D eigenvalue weighted by atomic mass is 9.93. The summed E-state index contributed by atoms with van der Waals surface area (Å²) in [6.45, 7) is 0.420. The van der Waals surface area contributed by atoms with Crippen molar-refractivity contribution >= 4 is 11.7 Å². The summed E-state index contributed by atoms with van der Waals surface area (Å²) >= 11 is 0.